The average molecular weight is 163 g/mol. The molecule has 4 heteroatoms. The van der Waals surface area contributed by atoms with Gasteiger partial charge in [0.05, 0.1) is 0 Å². The Bertz CT molecular complexity index is 475. The maximum atomic E-state index is 10.6. The monoisotopic (exact) mass is 163 g/mol. The molecule has 1 aromatic heterocycles. The number of aromatic hydroxyl groups is 1. The number of phenols is 1. The molecule has 0 radical (unpaired) electrons. The molecule has 60 valence electrons. The van der Waals surface area contributed by atoms with Gasteiger partial charge in [0, 0.05) is 11.6 Å². The first-order chi connectivity index (χ1) is 5.75. The van der Waals surface area contributed by atoms with Crippen LogP contribution in [0, 0.1) is 0 Å². The van der Waals surface area contributed by atoms with Crippen LogP contribution in [0.1, 0.15) is 0 Å². The van der Waals surface area contributed by atoms with Crippen LogP contribution in [0.25, 0.3) is 11.0 Å². The molecule has 0 spiro atoms. The summed E-state index contributed by atoms with van der Waals surface area (Å²) < 4.78 is 4.74. The molecule has 0 bridgehead atoms. The number of phenolic OH excluding ortho intramolecular Hbond substituents is 1. The van der Waals surface area contributed by atoms with Crippen LogP contribution < -0.4 is 5.76 Å². The number of nitrogens with zero attached hydrogens (tertiary/aromatic N) is 1. The van der Waals surface area contributed by atoms with E-state index in [1.54, 1.807) is 0 Å². The molecule has 0 fully saturated rings. The summed E-state index contributed by atoms with van der Waals surface area (Å²) in [6.45, 7) is 0. The van der Waals surface area contributed by atoms with E-state index in [4.69, 9.17) is 9.52 Å². The van der Waals surface area contributed by atoms with Crippen LogP contribution in [-0.4, -0.2) is 10.1 Å². The molecule has 4 nitrogen and oxygen atoms in total. The number of hydrogen-bond donors (Lipinski definition) is 1. The van der Waals surface area contributed by atoms with Crippen LogP contribution in [0.4, 0.5) is 0 Å². The molecule has 12 heavy (non-hydrogen) atoms. The summed E-state index contributed by atoms with van der Waals surface area (Å²) >= 11 is 0. The van der Waals surface area contributed by atoms with E-state index in [1.807, 2.05) is 0 Å². The second kappa shape index (κ2) is 2.34. The van der Waals surface area contributed by atoms with Crippen molar-refractivity contribution in [3.05, 3.63) is 34.9 Å². The molecule has 2 aromatic rings. The summed E-state index contributed by atoms with van der Waals surface area (Å²) in [5.41, 5.74) is 0.424. The van der Waals surface area contributed by atoms with Crippen molar-refractivity contribution in [1.29, 1.82) is 0 Å². The highest BCUT2D eigenvalue weighted by atomic mass is 16.4. The zero-order valence-corrected chi connectivity index (χ0v) is 6.02. The Hall–Kier alpha value is -1.84. The van der Waals surface area contributed by atoms with Gasteiger partial charge in [-0.25, -0.2) is 4.79 Å². The maximum Gasteiger partial charge on any atom is 0.439 e. The van der Waals surface area contributed by atoms with Crippen molar-refractivity contribution in [2.75, 3.05) is 0 Å². The number of hydrogen-bond acceptors (Lipinski definition) is 4. The zero-order chi connectivity index (χ0) is 8.55. The lowest BCUT2D eigenvalue weighted by atomic mass is 10.2. The second-order valence-electron chi connectivity index (χ2n) is 2.35. The Morgan fingerprint density at radius 3 is 3.08 bits per heavy atom. The lowest BCUT2D eigenvalue weighted by Gasteiger charge is -1.94. The topological polar surface area (TPSA) is 63.3 Å². The van der Waals surface area contributed by atoms with Crippen molar-refractivity contribution in [2.45, 2.75) is 0 Å². The molecule has 0 amide bonds. The fourth-order valence-corrected chi connectivity index (χ4v) is 0.972. The fourth-order valence-electron chi connectivity index (χ4n) is 0.972. The third kappa shape index (κ3) is 1.03. The van der Waals surface area contributed by atoms with Gasteiger partial charge in [0.2, 0.25) is 0 Å². The van der Waals surface area contributed by atoms with Gasteiger partial charge in [0.25, 0.3) is 0 Å². The van der Waals surface area contributed by atoms with E-state index >= 15 is 0 Å². The minimum absolute atomic E-state index is 0.123. The molecule has 1 heterocycles. The minimum Gasteiger partial charge on any atom is -0.508 e. The third-order valence-corrected chi connectivity index (χ3v) is 1.50. The van der Waals surface area contributed by atoms with Crippen molar-refractivity contribution in [2.24, 2.45) is 0 Å². The molecule has 0 saturated carbocycles. The van der Waals surface area contributed by atoms with Crippen molar-refractivity contribution >= 4 is 11.0 Å². The first kappa shape index (κ1) is 6.84. The van der Waals surface area contributed by atoms with Crippen LogP contribution in [0.5, 0.6) is 5.75 Å². The van der Waals surface area contributed by atoms with E-state index in [2.05, 4.69) is 4.98 Å². The van der Waals surface area contributed by atoms with E-state index in [9.17, 15) is 4.79 Å². The van der Waals surface area contributed by atoms with Gasteiger partial charge in [0.1, 0.15) is 11.3 Å². The largest absolute Gasteiger partial charge is 0.508 e. The van der Waals surface area contributed by atoms with E-state index in [0.717, 1.165) is 0 Å². The summed E-state index contributed by atoms with van der Waals surface area (Å²) in [4.78, 5) is 14.0. The van der Waals surface area contributed by atoms with Crippen LogP contribution in [0.3, 0.4) is 0 Å². The molecule has 2 rings (SSSR count). The smallest absolute Gasteiger partial charge is 0.439 e. The van der Waals surface area contributed by atoms with Crippen LogP contribution in [0.15, 0.2) is 33.6 Å². The summed E-state index contributed by atoms with van der Waals surface area (Å²) in [6, 6.07) is 4.45. The summed E-state index contributed by atoms with van der Waals surface area (Å²) in [7, 11) is 0. The van der Waals surface area contributed by atoms with E-state index in [1.165, 1.54) is 24.4 Å². The third-order valence-electron chi connectivity index (χ3n) is 1.50. The molecule has 1 N–H and O–H groups in total. The van der Waals surface area contributed by atoms with Gasteiger partial charge in [0.15, 0.2) is 0 Å². The Kier molecular flexibility index (Phi) is 1.33. The quantitative estimate of drug-likeness (QED) is 0.626. The van der Waals surface area contributed by atoms with Crippen LogP contribution in [-0.2, 0) is 0 Å². The predicted octanol–water partition coefficient (Wildman–Crippen LogP) is 0.894. The first-order valence-electron chi connectivity index (χ1n) is 3.34. The number of aromatic nitrogens is 1. The minimum atomic E-state index is -0.631. The van der Waals surface area contributed by atoms with E-state index in [0.29, 0.717) is 11.0 Å². The first-order valence-corrected chi connectivity index (χ1v) is 3.34. The van der Waals surface area contributed by atoms with Gasteiger partial charge < -0.3 is 9.52 Å². The molecule has 1 aromatic carbocycles. The highest BCUT2D eigenvalue weighted by Gasteiger charge is 1.97. The normalized spacial score (nSPS) is 10.3. The highest BCUT2D eigenvalue weighted by molar-refractivity contribution is 5.76. The zero-order valence-electron chi connectivity index (χ0n) is 6.02. The predicted molar refractivity (Wildman–Crippen MR) is 41.9 cm³/mol. The lowest BCUT2D eigenvalue weighted by Crippen LogP contribution is -2.01. The van der Waals surface area contributed by atoms with Gasteiger partial charge in [-0.2, -0.15) is 4.98 Å². The van der Waals surface area contributed by atoms with Gasteiger partial charge in [-0.3, -0.25) is 0 Å². The molecule has 0 aliphatic carbocycles. The fraction of sp³-hybridized carbons (Fsp3) is 0. The molecule has 0 unspecified atom stereocenters. The molecular weight excluding hydrogens is 158 g/mol. The second-order valence-corrected chi connectivity index (χ2v) is 2.35. The van der Waals surface area contributed by atoms with Gasteiger partial charge in [-0.15, -0.1) is 0 Å². The van der Waals surface area contributed by atoms with Crippen LogP contribution >= 0.6 is 0 Å². The lowest BCUT2D eigenvalue weighted by molar-refractivity contribution is 0.474. The van der Waals surface area contributed by atoms with Crippen molar-refractivity contribution in [3.63, 3.8) is 0 Å². The Labute approximate surface area is 67.1 Å². The Balaban J connectivity index is 2.87. The SMILES string of the molecule is O=c1ncc2cc(O)ccc2o1. The number of benzene rings is 1. The van der Waals surface area contributed by atoms with Crippen molar-refractivity contribution in [3.8, 4) is 5.75 Å². The standard InChI is InChI=1S/C8H5NO3/c10-6-1-2-7-5(3-6)4-9-8(11)12-7/h1-4,10H. The van der Waals surface area contributed by atoms with E-state index in [-0.39, 0.29) is 5.75 Å². The summed E-state index contributed by atoms with van der Waals surface area (Å²) in [5, 5.41) is 9.66. The van der Waals surface area contributed by atoms with Crippen LogP contribution in [0.2, 0.25) is 0 Å². The average Bonchev–Trinajstić information content (AvgIpc) is 2.05. The van der Waals surface area contributed by atoms with Gasteiger partial charge in [-0.1, -0.05) is 0 Å². The summed E-state index contributed by atoms with van der Waals surface area (Å²) in [6.07, 6.45) is 1.36. The molecule has 0 saturated heterocycles. The van der Waals surface area contributed by atoms with Gasteiger partial charge in [-0.05, 0) is 18.2 Å². The summed E-state index contributed by atoms with van der Waals surface area (Å²) in [5.74, 6) is -0.508. The molecule has 0 aliphatic heterocycles. The number of fused-ring (bicyclic) bond motifs is 1. The Morgan fingerprint density at radius 1 is 1.42 bits per heavy atom. The molecular formula is C8H5NO3. The van der Waals surface area contributed by atoms with Crippen molar-refractivity contribution in [1.82, 2.24) is 4.98 Å². The molecule has 0 atom stereocenters. The van der Waals surface area contributed by atoms with E-state index < -0.39 is 5.76 Å². The maximum absolute atomic E-state index is 10.6. The van der Waals surface area contributed by atoms with Gasteiger partial charge >= 0.3 is 5.76 Å². The molecule has 0 aliphatic rings. The number of rotatable bonds is 0. The highest BCUT2D eigenvalue weighted by Crippen LogP contribution is 2.16. The Morgan fingerprint density at radius 2 is 2.25 bits per heavy atom. The van der Waals surface area contributed by atoms with Crippen molar-refractivity contribution < 1.29 is 9.52 Å².